The summed E-state index contributed by atoms with van der Waals surface area (Å²) < 4.78 is 4.84. The first-order chi connectivity index (χ1) is 6.22. The van der Waals surface area contributed by atoms with Crippen molar-refractivity contribution in [3.63, 3.8) is 0 Å². The third-order valence-corrected chi connectivity index (χ3v) is 2.59. The lowest BCUT2D eigenvalue weighted by Gasteiger charge is -2.02. The normalized spacial score (nSPS) is 9.69. The van der Waals surface area contributed by atoms with Crippen LogP contribution in [0.3, 0.4) is 0 Å². The molecule has 0 spiro atoms. The summed E-state index contributed by atoms with van der Waals surface area (Å²) in [5.41, 5.74) is 0.987. The fraction of sp³-hybridized carbons (Fsp3) is 0.222. The third-order valence-electron chi connectivity index (χ3n) is 1.47. The Morgan fingerprint density at radius 2 is 2.08 bits per heavy atom. The number of esters is 1. The molecular weight excluding hydrogens is 204 g/mol. The highest BCUT2D eigenvalue weighted by Crippen LogP contribution is 2.21. The number of carbonyl (C=O) groups excluding carboxylic acids is 1. The summed E-state index contributed by atoms with van der Waals surface area (Å²) in [5, 5.41) is 0. The Morgan fingerprint density at radius 1 is 1.46 bits per heavy atom. The van der Waals surface area contributed by atoms with Gasteiger partial charge in [-0.25, -0.2) is 0 Å². The Labute approximate surface area is 86.5 Å². The van der Waals surface area contributed by atoms with E-state index in [0.717, 1.165) is 10.5 Å². The summed E-state index contributed by atoms with van der Waals surface area (Å²) in [6.07, 6.45) is 0. The molecule has 0 aromatic heterocycles. The lowest BCUT2D eigenvalue weighted by molar-refractivity contribution is -0.142. The molecule has 1 rings (SSSR count). The summed E-state index contributed by atoms with van der Waals surface area (Å²) in [7, 11) is 1.39. The third kappa shape index (κ3) is 3.74. The number of carbonyl (C=O) groups is 1. The van der Waals surface area contributed by atoms with Crippen LogP contribution in [0.2, 0.25) is 0 Å². The molecule has 0 atom stereocenters. The molecule has 0 aliphatic rings. The molecule has 1 aromatic rings. The largest absolute Gasteiger partial charge is 0.461 e. The Bertz CT molecular complexity index is 282. The minimum Gasteiger partial charge on any atom is -0.461 e. The van der Waals surface area contributed by atoms with E-state index in [1.165, 1.54) is 17.7 Å². The highest BCUT2D eigenvalue weighted by molar-refractivity contribution is 8.68. The van der Waals surface area contributed by atoms with Crippen LogP contribution in [0.25, 0.3) is 0 Å². The van der Waals surface area contributed by atoms with Crippen LogP contribution >= 0.6 is 22.5 Å². The molecule has 0 radical (unpaired) electrons. The van der Waals surface area contributed by atoms with Gasteiger partial charge in [0.1, 0.15) is 6.61 Å². The van der Waals surface area contributed by atoms with Gasteiger partial charge in [0.05, 0.1) is 0 Å². The van der Waals surface area contributed by atoms with E-state index in [4.69, 9.17) is 4.74 Å². The maximum Gasteiger partial charge on any atom is 0.302 e. The molecule has 13 heavy (non-hydrogen) atoms. The molecule has 0 aliphatic heterocycles. The van der Waals surface area contributed by atoms with Gasteiger partial charge in [0.15, 0.2) is 0 Å². The molecule has 0 heterocycles. The van der Waals surface area contributed by atoms with E-state index in [2.05, 4.69) is 11.7 Å². The monoisotopic (exact) mass is 214 g/mol. The van der Waals surface area contributed by atoms with Gasteiger partial charge in [-0.15, -0.1) is 11.7 Å². The molecule has 0 amide bonds. The molecule has 0 unspecified atom stereocenters. The van der Waals surface area contributed by atoms with Gasteiger partial charge in [-0.1, -0.05) is 22.9 Å². The number of rotatable bonds is 3. The van der Waals surface area contributed by atoms with E-state index in [-0.39, 0.29) is 5.97 Å². The van der Waals surface area contributed by atoms with Gasteiger partial charge in [0, 0.05) is 11.8 Å². The van der Waals surface area contributed by atoms with Crippen molar-refractivity contribution >= 4 is 28.4 Å². The molecule has 0 aliphatic carbocycles. The minimum atomic E-state index is -0.257. The summed E-state index contributed by atoms with van der Waals surface area (Å²) in [5.74, 6) is -0.257. The molecule has 0 N–H and O–H groups in total. The molecule has 70 valence electrons. The zero-order chi connectivity index (χ0) is 9.68. The van der Waals surface area contributed by atoms with Crippen molar-refractivity contribution < 1.29 is 9.53 Å². The number of benzene rings is 1. The van der Waals surface area contributed by atoms with E-state index in [0.29, 0.717) is 6.61 Å². The van der Waals surface area contributed by atoms with Gasteiger partial charge < -0.3 is 4.74 Å². The standard InChI is InChI=1S/C9H10O2S2/c1-7(10)11-6-8-2-4-9(13-12)5-3-8/h2-5,12H,6H2,1H3. The first kappa shape index (κ1) is 10.5. The molecule has 0 bridgehead atoms. The first-order valence-corrected chi connectivity index (χ1v) is 5.63. The predicted octanol–water partition coefficient (Wildman–Crippen LogP) is 2.69. The van der Waals surface area contributed by atoms with E-state index in [1.54, 1.807) is 0 Å². The van der Waals surface area contributed by atoms with Crippen LogP contribution in [-0.4, -0.2) is 5.97 Å². The second-order valence-electron chi connectivity index (χ2n) is 2.52. The average molecular weight is 214 g/mol. The van der Waals surface area contributed by atoms with E-state index < -0.39 is 0 Å². The predicted molar refractivity (Wildman–Crippen MR) is 56.8 cm³/mol. The van der Waals surface area contributed by atoms with Crippen LogP contribution in [0.5, 0.6) is 0 Å². The van der Waals surface area contributed by atoms with E-state index in [1.807, 2.05) is 24.3 Å². The van der Waals surface area contributed by atoms with Crippen LogP contribution in [0, 0.1) is 0 Å². The maximum atomic E-state index is 10.5. The first-order valence-electron chi connectivity index (χ1n) is 3.76. The van der Waals surface area contributed by atoms with Gasteiger partial charge >= 0.3 is 5.97 Å². The molecule has 0 fully saturated rings. The number of hydrogen-bond acceptors (Lipinski definition) is 4. The summed E-state index contributed by atoms with van der Waals surface area (Å²) in [6, 6.07) is 7.72. The van der Waals surface area contributed by atoms with Crippen molar-refractivity contribution in [1.29, 1.82) is 0 Å². The van der Waals surface area contributed by atoms with Crippen LogP contribution < -0.4 is 0 Å². The fourth-order valence-electron chi connectivity index (χ4n) is 0.832. The second kappa shape index (κ2) is 5.19. The average Bonchev–Trinajstić information content (AvgIpc) is 2.15. The Hall–Kier alpha value is -0.610. The number of hydrogen-bond donors (Lipinski definition) is 1. The van der Waals surface area contributed by atoms with Gasteiger partial charge in [-0.3, -0.25) is 4.79 Å². The smallest absolute Gasteiger partial charge is 0.302 e. The highest BCUT2D eigenvalue weighted by Gasteiger charge is 1.96. The Kier molecular flexibility index (Phi) is 4.18. The molecule has 4 heteroatoms. The minimum absolute atomic E-state index is 0.257. The molecule has 1 aromatic carbocycles. The number of ether oxygens (including phenoxy) is 1. The van der Waals surface area contributed by atoms with Crippen molar-refractivity contribution in [2.75, 3.05) is 0 Å². The van der Waals surface area contributed by atoms with E-state index >= 15 is 0 Å². The van der Waals surface area contributed by atoms with Crippen LogP contribution in [0.1, 0.15) is 12.5 Å². The second-order valence-corrected chi connectivity index (χ2v) is 3.72. The fourth-order valence-corrected chi connectivity index (χ4v) is 1.45. The summed E-state index contributed by atoms with van der Waals surface area (Å²) in [4.78, 5) is 11.6. The number of thiol groups is 1. The van der Waals surface area contributed by atoms with Gasteiger partial charge in [0.25, 0.3) is 0 Å². The Morgan fingerprint density at radius 3 is 2.54 bits per heavy atom. The Balaban J connectivity index is 2.54. The topological polar surface area (TPSA) is 26.3 Å². The quantitative estimate of drug-likeness (QED) is 0.476. The molecule has 2 nitrogen and oxygen atoms in total. The van der Waals surface area contributed by atoms with E-state index in [9.17, 15) is 4.79 Å². The molecular formula is C9H10O2S2. The van der Waals surface area contributed by atoms with Crippen molar-refractivity contribution in [2.45, 2.75) is 18.4 Å². The lowest BCUT2D eigenvalue weighted by atomic mass is 10.2. The summed E-state index contributed by atoms with van der Waals surface area (Å²) >= 11 is 4.06. The van der Waals surface area contributed by atoms with Crippen LogP contribution in [-0.2, 0) is 16.1 Å². The highest BCUT2D eigenvalue weighted by atomic mass is 33.1. The van der Waals surface area contributed by atoms with Crippen molar-refractivity contribution in [3.8, 4) is 0 Å². The SMILES string of the molecule is CC(=O)OCc1ccc(SS)cc1. The zero-order valence-corrected chi connectivity index (χ0v) is 8.90. The lowest BCUT2D eigenvalue weighted by Crippen LogP contribution is -1.98. The van der Waals surface area contributed by atoms with Crippen LogP contribution in [0.15, 0.2) is 29.2 Å². The van der Waals surface area contributed by atoms with Crippen molar-refractivity contribution in [3.05, 3.63) is 29.8 Å². The summed E-state index contributed by atoms with van der Waals surface area (Å²) in [6.45, 7) is 1.74. The maximum absolute atomic E-state index is 10.5. The zero-order valence-electron chi connectivity index (χ0n) is 7.19. The van der Waals surface area contributed by atoms with Crippen molar-refractivity contribution in [1.82, 2.24) is 0 Å². The molecule has 0 saturated heterocycles. The molecule has 0 saturated carbocycles. The van der Waals surface area contributed by atoms with Gasteiger partial charge in [0.2, 0.25) is 0 Å². The van der Waals surface area contributed by atoms with Crippen LogP contribution in [0.4, 0.5) is 0 Å². The van der Waals surface area contributed by atoms with Crippen molar-refractivity contribution in [2.24, 2.45) is 0 Å². The van der Waals surface area contributed by atoms with Gasteiger partial charge in [-0.2, -0.15) is 0 Å². The van der Waals surface area contributed by atoms with Gasteiger partial charge in [-0.05, 0) is 17.7 Å².